The summed E-state index contributed by atoms with van der Waals surface area (Å²) in [5.41, 5.74) is 3.97. The highest BCUT2D eigenvalue weighted by Crippen LogP contribution is 2.26. The molecule has 2 aromatic heterocycles. The molecular weight excluding hydrogens is 440 g/mol. The largest absolute Gasteiger partial charge is 0.419 e. The van der Waals surface area contributed by atoms with Crippen molar-refractivity contribution in [3.8, 4) is 11.3 Å². The van der Waals surface area contributed by atoms with Gasteiger partial charge in [0.15, 0.2) is 10.7 Å². The normalized spacial score (nSPS) is 11.9. The molecule has 2 heterocycles. The molecular formula is C24H24N4O4S. The molecule has 0 radical (unpaired) electrons. The number of oxazole rings is 1. The van der Waals surface area contributed by atoms with Crippen LogP contribution in [-0.2, 0) is 16.1 Å². The van der Waals surface area contributed by atoms with Crippen molar-refractivity contribution < 1.29 is 14.0 Å². The number of hydrogen-bond donors (Lipinski definition) is 2. The Morgan fingerprint density at radius 1 is 1.15 bits per heavy atom. The van der Waals surface area contributed by atoms with E-state index in [1.807, 2.05) is 54.8 Å². The fraction of sp³-hybridized carbons (Fsp3) is 0.250. The van der Waals surface area contributed by atoms with E-state index in [9.17, 15) is 14.4 Å². The molecule has 4 aromatic rings. The number of aromatic nitrogens is 2. The van der Waals surface area contributed by atoms with E-state index in [1.54, 1.807) is 10.6 Å². The monoisotopic (exact) mass is 464 g/mol. The Morgan fingerprint density at radius 2 is 1.91 bits per heavy atom. The SMILES string of the molecule is CC(=O)NC(C)c1ccc(-c2csc(NC(=O)CCCn3c(=O)oc4ccccc43)n2)cc1. The Morgan fingerprint density at radius 3 is 2.67 bits per heavy atom. The van der Waals surface area contributed by atoms with Crippen LogP contribution in [0.15, 0.2) is 63.1 Å². The number of fused-ring (bicyclic) bond motifs is 1. The van der Waals surface area contributed by atoms with Crippen LogP contribution in [-0.4, -0.2) is 21.4 Å². The van der Waals surface area contributed by atoms with Gasteiger partial charge in [0, 0.05) is 30.8 Å². The molecule has 33 heavy (non-hydrogen) atoms. The Balaban J connectivity index is 1.32. The van der Waals surface area contributed by atoms with Crippen molar-refractivity contribution in [3.63, 3.8) is 0 Å². The highest BCUT2D eigenvalue weighted by atomic mass is 32.1. The second-order valence-corrected chi connectivity index (χ2v) is 8.58. The average Bonchev–Trinajstić information content (AvgIpc) is 3.37. The first-order valence-electron chi connectivity index (χ1n) is 10.6. The fourth-order valence-electron chi connectivity index (χ4n) is 3.60. The zero-order chi connectivity index (χ0) is 23.4. The number of aryl methyl sites for hydroxylation is 1. The maximum Gasteiger partial charge on any atom is 0.419 e. The van der Waals surface area contributed by atoms with Crippen molar-refractivity contribution in [1.82, 2.24) is 14.9 Å². The third kappa shape index (κ3) is 5.38. The lowest BCUT2D eigenvalue weighted by atomic mass is 10.1. The van der Waals surface area contributed by atoms with Crippen LogP contribution in [0.25, 0.3) is 22.4 Å². The second-order valence-electron chi connectivity index (χ2n) is 7.72. The van der Waals surface area contributed by atoms with Gasteiger partial charge in [-0.15, -0.1) is 11.3 Å². The second kappa shape index (κ2) is 9.83. The van der Waals surface area contributed by atoms with E-state index in [-0.39, 0.29) is 24.3 Å². The van der Waals surface area contributed by atoms with Gasteiger partial charge in [-0.05, 0) is 31.0 Å². The molecule has 0 saturated heterocycles. The predicted octanol–water partition coefficient (Wildman–Crippen LogP) is 4.33. The van der Waals surface area contributed by atoms with Gasteiger partial charge < -0.3 is 15.1 Å². The standard InChI is InChI=1S/C24H24N4O4S/c1-15(25-16(2)29)17-9-11-18(12-10-17)19-14-33-23(26-19)27-22(30)8-5-13-28-20-6-3-4-7-21(20)32-24(28)31/h3-4,6-7,9-12,14-15H,5,8,13H2,1-2H3,(H,25,29)(H,26,27,30). The quantitative estimate of drug-likeness (QED) is 0.404. The van der Waals surface area contributed by atoms with Crippen LogP contribution >= 0.6 is 11.3 Å². The third-order valence-corrected chi connectivity index (χ3v) is 5.99. The molecule has 2 aromatic carbocycles. The van der Waals surface area contributed by atoms with Gasteiger partial charge in [0.2, 0.25) is 11.8 Å². The summed E-state index contributed by atoms with van der Waals surface area (Å²) in [6.45, 7) is 3.82. The molecule has 1 atom stereocenters. The Kier molecular flexibility index (Phi) is 6.69. The Bertz CT molecular complexity index is 1340. The molecule has 0 spiro atoms. The molecule has 0 aliphatic rings. The summed E-state index contributed by atoms with van der Waals surface area (Å²) in [4.78, 5) is 40.1. The van der Waals surface area contributed by atoms with Gasteiger partial charge in [-0.25, -0.2) is 9.78 Å². The highest BCUT2D eigenvalue weighted by Gasteiger charge is 2.12. The van der Waals surface area contributed by atoms with Crippen molar-refractivity contribution >= 4 is 39.4 Å². The summed E-state index contributed by atoms with van der Waals surface area (Å²) >= 11 is 1.36. The van der Waals surface area contributed by atoms with Gasteiger partial charge in [-0.2, -0.15) is 0 Å². The molecule has 2 N–H and O–H groups in total. The van der Waals surface area contributed by atoms with Crippen molar-refractivity contribution in [2.45, 2.75) is 39.3 Å². The summed E-state index contributed by atoms with van der Waals surface area (Å²) in [7, 11) is 0. The first-order chi connectivity index (χ1) is 15.9. The van der Waals surface area contributed by atoms with E-state index in [0.717, 1.165) is 22.3 Å². The number of carbonyl (C=O) groups is 2. The minimum atomic E-state index is -0.418. The first kappa shape index (κ1) is 22.5. The van der Waals surface area contributed by atoms with Crippen molar-refractivity contribution in [2.75, 3.05) is 5.32 Å². The summed E-state index contributed by atoms with van der Waals surface area (Å²) in [5.74, 6) is -0.647. The number of anilines is 1. The first-order valence-corrected chi connectivity index (χ1v) is 11.5. The lowest BCUT2D eigenvalue weighted by Gasteiger charge is -2.13. The van der Waals surface area contributed by atoms with E-state index < -0.39 is 5.76 Å². The summed E-state index contributed by atoms with van der Waals surface area (Å²) in [6.07, 6.45) is 0.762. The molecule has 1 unspecified atom stereocenters. The number of para-hydroxylation sites is 2. The number of nitrogens with zero attached hydrogens (tertiary/aromatic N) is 2. The van der Waals surface area contributed by atoms with Gasteiger partial charge in [0.25, 0.3) is 0 Å². The number of benzene rings is 2. The van der Waals surface area contributed by atoms with Crippen LogP contribution in [0.1, 0.15) is 38.3 Å². The number of nitrogens with one attached hydrogen (secondary N) is 2. The van der Waals surface area contributed by atoms with Crippen LogP contribution in [0.5, 0.6) is 0 Å². The molecule has 0 bridgehead atoms. The Hall–Kier alpha value is -3.72. The maximum atomic E-state index is 12.4. The fourth-order valence-corrected chi connectivity index (χ4v) is 4.34. The number of hydrogen-bond acceptors (Lipinski definition) is 6. The minimum absolute atomic E-state index is 0.0715. The molecule has 8 nitrogen and oxygen atoms in total. The van der Waals surface area contributed by atoms with Crippen LogP contribution in [0, 0.1) is 0 Å². The third-order valence-electron chi connectivity index (χ3n) is 5.24. The van der Waals surface area contributed by atoms with Gasteiger partial charge in [-0.3, -0.25) is 14.2 Å². The number of thiazole rings is 1. The lowest BCUT2D eigenvalue weighted by Crippen LogP contribution is -2.23. The van der Waals surface area contributed by atoms with Crippen LogP contribution in [0.3, 0.4) is 0 Å². The zero-order valence-corrected chi connectivity index (χ0v) is 19.1. The zero-order valence-electron chi connectivity index (χ0n) is 18.3. The maximum absolute atomic E-state index is 12.4. The van der Waals surface area contributed by atoms with E-state index in [1.165, 1.54) is 18.3 Å². The van der Waals surface area contributed by atoms with E-state index in [2.05, 4.69) is 15.6 Å². The van der Waals surface area contributed by atoms with Crippen LogP contribution in [0.4, 0.5) is 5.13 Å². The topological polar surface area (TPSA) is 106 Å². The molecule has 2 amide bonds. The van der Waals surface area contributed by atoms with Crippen molar-refractivity contribution in [2.24, 2.45) is 0 Å². The summed E-state index contributed by atoms with van der Waals surface area (Å²) < 4.78 is 6.76. The van der Waals surface area contributed by atoms with Crippen LogP contribution in [0.2, 0.25) is 0 Å². The molecule has 0 saturated carbocycles. The Labute approximate surface area is 194 Å². The van der Waals surface area contributed by atoms with Gasteiger partial charge in [0.1, 0.15) is 0 Å². The number of amides is 2. The molecule has 0 aliphatic heterocycles. The summed E-state index contributed by atoms with van der Waals surface area (Å²) in [6, 6.07) is 15.0. The molecule has 0 aliphatic carbocycles. The lowest BCUT2D eigenvalue weighted by molar-refractivity contribution is -0.119. The highest BCUT2D eigenvalue weighted by molar-refractivity contribution is 7.14. The molecule has 4 rings (SSSR count). The number of rotatable bonds is 8. The van der Waals surface area contributed by atoms with Crippen molar-refractivity contribution in [3.05, 3.63) is 70.0 Å². The van der Waals surface area contributed by atoms with Crippen LogP contribution < -0.4 is 16.4 Å². The van der Waals surface area contributed by atoms with Gasteiger partial charge >= 0.3 is 5.76 Å². The summed E-state index contributed by atoms with van der Waals surface area (Å²) in [5, 5.41) is 8.10. The van der Waals surface area contributed by atoms with Gasteiger partial charge in [-0.1, -0.05) is 36.4 Å². The average molecular weight is 465 g/mol. The smallest absolute Gasteiger partial charge is 0.408 e. The molecule has 9 heteroatoms. The molecule has 170 valence electrons. The van der Waals surface area contributed by atoms with E-state index in [0.29, 0.717) is 23.7 Å². The van der Waals surface area contributed by atoms with E-state index >= 15 is 0 Å². The number of carbonyl (C=O) groups excluding carboxylic acids is 2. The van der Waals surface area contributed by atoms with Crippen molar-refractivity contribution in [1.29, 1.82) is 0 Å². The van der Waals surface area contributed by atoms with E-state index in [4.69, 9.17) is 4.42 Å². The molecule has 0 fully saturated rings. The predicted molar refractivity (Wildman–Crippen MR) is 128 cm³/mol. The van der Waals surface area contributed by atoms with Gasteiger partial charge in [0.05, 0.1) is 17.3 Å². The minimum Gasteiger partial charge on any atom is -0.408 e.